The fraction of sp³-hybridized carbons (Fsp3) is 0.750. The van der Waals surface area contributed by atoms with E-state index >= 15 is 0 Å². The molecule has 1 aromatic rings. The Morgan fingerprint density at radius 3 is 2.42 bits per heavy atom. The zero-order chi connectivity index (χ0) is 13.3. The number of imidazole rings is 1. The van der Waals surface area contributed by atoms with Gasteiger partial charge in [0, 0.05) is 32.2 Å². The van der Waals surface area contributed by atoms with E-state index in [1.807, 2.05) is 0 Å². The molecule has 2 fully saturated rings. The minimum atomic E-state index is -3.38. The van der Waals surface area contributed by atoms with Crippen LogP contribution >= 0.6 is 0 Å². The molecule has 106 valence electrons. The van der Waals surface area contributed by atoms with Crippen molar-refractivity contribution < 1.29 is 8.42 Å². The zero-order valence-corrected chi connectivity index (χ0v) is 11.8. The Morgan fingerprint density at radius 2 is 1.84 bits per heavy atom. The molecule has 0 amide bonds. The summed E-state index contributed by atoms with van der Waals surface area (Å²) in [6, 6.07) is 0.678. The maximum atomic E-state index is 12.3. The number of aromatic nitrogens is 2. The first-order valence-electron chi connectivity index (χ1n) is 6.90. The summed E-state index contributed by atoms with van der Waals surface area (Å²) in [6.45, 7) is 2.85. The van der Waals surface area contributed by atoms with Crippen molar-refractivity contribution >= 4 is 10.0 Å². The molecule has 0 atom stereocenters. The van der Waals surface area contributed by atoms with E-state index in [1.165, 1.54) is 38.2 Å². The van der Waals surface area contributed by atoms with Crippen LogP contribution in [-0.2, 0) is 10.0 Å². The molecule has 0 radical (unpaired) electrons. The van der Waals surface area contributed by atoms with Crippen molar-refractivity contribution in [2.24, 2.45) is 0 Å². The summed E-state index contributed by atoms with van der Waals surface area (Å²) in [5, 5.41) is 0.196. The number of hydrogen-bond donors (Lipinski definition) is 1. The van der Waals surface area contributed by atoms with E-state index in [4.69, 9.17) is 0 Å². The highest BCUT2D eigenvalue weighted by Crippen LogP contribution is 2.25. The van der Waals surface area contributed by atoms with Gasteiger partial charge in [-0.1, -0.05) is 12.8 Å². The third kappa shape index (κ3) is 2.54. The number of rotatable bonds is 3. The largest absolute Gasteiger partial charge is 0.335 e. The van der Waals surface area contributed by atoms with E-state index < -0.39 is 10.0 Å². The van der Waals surface area contributed by atoms with Crippen LogP contribution < -0.4 is 0 Å². The van der Waals surface area contributed by atoms with Crippen molar-refractivity contribution in [3.8, 4) is 0 Å². The van der Waals surface area contributed by atoms with Crippen LogP contribution in [-0.4, -0.2) is 59.8 Å². The number of nitrogens with zero attached hydrogens (tertiary/aromatic N) is 3. The van der Waals surface area contributed by atoms with Gasteiger partial charge >= 0.3 is 0 Å². The van der Waals surface area contributed by atoms with Crippen LogP contribution in [0.5, 0.6) is 0 Å². The quantitative estimate of drug-likeness (QED) is 0.885. The summed E-state index contributed by atoms with van der Waals surface area (Å²) >= 11 is 0. The Labute approximate surface area is 113 Å². The lowest BCUT2D eigenvalue weighted by Gasteiger charge is -2.37. The second-order valence-electron chi connectivity index (χ2n) is 5.29. The van der Waals surface area contributed by atoms with E-state index in [0.29, 0.717) is 19.1 Å². The number of aromatic amines is 1. The molecule has 1 aliphatic carbocycles. The lowest BCUT2D eigenvalue weighted by Crippen LogP contribution is -2.51. The van der Waals surface area contributed by atoms with Crippen molar-refractivity contribution in [3.63, 3.8) is 0 Å². The standard InChI is InChI=1S/C12H20N4O2S/c17-19(18,12-9-13-10-14-12)16-7-5-15(6-8-16)11-3-1-2-4-11/h9-11H,1-8H2,(H,13,14). The zero-order valence-electron chi connectivity index (χ0n) is 11.0. The molecule has 0 spiro atoms. The SMILES string of the molecule is O=S(=O)(c1cnc[nH]1)N1CCN(C2CCCC2)CC1. The molecule has 0 bridgehead atoms. The summed E-state index contributed by atoms with van der Waals surface area (Å²) in [7, 11) is -3.38. The summed E-state index contributed by atoms with van der Waals surface area (Å²) in [5.41, 5.74) is 0. The summed E-state index contributed by atoms with van der Waals surface area (Å²) in [5.74, 6) is 0. The van der Waals surface area contributed by atoms with Gasteiger partial charge in [0.15, 0.2) is 5.03 Å². The first-order chi connectivity index (χ1) is 9.18. The number of nitrogens with one attached hydrogen (secondary N) is 1. The molecular formula is C12H20N4O2S. The molecule has 1 saturated carbocycles. The normalized spacial score (nSPS) is 24.0. The fourth-order valence-electron chi connectivity index (χ4n) is 3.10. The summed E-state index contributed by atoms with van der Waals surface area (Å²) in [6.07, 6.45) is 7.95. The molecule has 19 heavy (non-hydrogen) atoms. The number of piperazine rings is 1. The molecule has 3 rings (SSSR count). The minimum absolute atomic E-state index is 0.196. The van der Waals surface area contributed by atoms with Gasteiger partial charge in [0.25, 0.3) is 10.0 Å². The number of hydrogen-bond acceptors (Lipinski definition) is 4. The van der Waals surface area contributed by atoms with E-state index in [2.05, 4.69) is 14.9 Å². The lowest BCUT2D eigenvalue weighted by molar-refractivity contribution is 0.139. The Hall–Kier alpha value is -0.920. The molecule has 2 aliphatic rings. The Bertz CT molecular complexity index is 500. The first kappa shape index (κ1) is 13.1. The van der Waals surface area contributed by atoms with E-state index in [0.717, 1.165) is 13.1 Å². The van der Waals surface area contributed by atoms with Crippen LogP contribution in [0.25, 0.3) is 0 Å². The van der Waals surface area contributed by atoms with Gasteiger partial charge in [-0.05, 0) is 12.8 Å². The second-order valence-corrected chi connectivity index (χ2v) is 7.20. The van der Waals surface area contributed by atoms with E-state index in [1.54, 1.807) is 4.31 Å². The van der Waals surface area contributed by atoms with Gasteiger partial charge in [0.2, 0.25) is 0 Å². The van der Waals surface area contributed by atoms with Crippen molar-refractivity contribution in [2.75, 3.05) is 26.2 Å². The maximum absolute atomic E-state index is 12.3. The highest BCUT2D eigenvalue weighted by atomic mass is 32.2. The van der Waals surface area contributed by atoms with Crippen LogP contribution in [0.1, 0.15) is 25.7 Å². The topological polar surface area (TPSA) is 69.3 Å². The van der Waals surface area contributed by atoms with Crippen molar-refractivity contribution in [1.82, 2.24) is 19.2 Å². The predicted molar refractivity (Wildman–Crippen MR) is 71.2 cm³/mol. The van der Waals surface area contributed by atoms with Gasteiger partial charge in [-0.15, -0.1) is 0 Å². The molecule has 0 unspecified atom stereocenters. The molecule has 0 aromatic carbocycles. The molecule has 2 heterocycles. The van der Waals surface area contributed by atoms with Crippen LogP contribution in [0, 0.1) is 0 Å². The van der Waals surface area contributed by atoms with Gasteiger partial charge in [-0.2, -0.15) is 4.31 Å². The third-order valence-electron chi connectivity index (χ3n) is 4.21. The van der Waals surface area contributed by atoms with Crippen LogP contribution in [0.2, 0.25) is 0 Å². The Morgan fingerprint density at radius 1 is 1.16 bits per heavy atom. The average molecular weight is 284 g/mol. The second kappa shape index (κ2) is 5.22. The molecule has 1 aromatic heterocycles. The molecule has 1 saturated heterocycles. The first-order valence-corrected chi connectivity index (χ1v) is 8.34. The van der Waals surface area contributed by atoms with Gasteiger partial charge in [0.05, 0.1) is 12.5 Å². The number of H-pyrrole nitrogens is 1. The van der Waals surface area contributed by atoms with Gasteiger partial charge in [-0.25, -0.2) is 13.4 Å². The van der Waals surface area contributed by atoms with E-state index in [-0.39, 0.29) is 5.03 Å². The summed E-state index contributed by atoms with van der Waals surface area (Å²) in [4.78, 5) is 8.93. The minimum Gasteiger partial charge on any atom is -0.335 e. The van der Waals surface area contributed by atoms with Crippen LogP contribution in [0.3, 0.4) is 0 Å². The maximum Gasteiger partial charge on any atom is 0.260 e. The highest BCUT2D eigenvalue weighted by Gasteiger charge is 2.32. The fourth-order valence-corrected chi connectivity index (χ4v) is 4.42. The van der Waals surface area contributed by atoms with Crippen LogP contribution in [0.4, 0.5) is 0 Å². The predicted octanol–water partition coefficient (Wildman–Crippen LogP) is 0.659. The molecule has 1 aliphatic heterocycles. The molecule has 7 heteroatoms. The average Bonchev–Trinajstić information content (AvgIpc) is 3.12. The van der Waals surface area contributed by atoms with Gasteiger partial charge in [0.1, 0.15) is 0 Å². The van der Waals surface area contributed by atoms with Crippen molar-refractivity contribution in [3.05, 3.63) is 12.5 Å². The number of sulfonamides is 1. The van der Waals surface area contributed by atoms with Crippen molar-refractivity contribution in [2.45, 2.75) is 36.8 Å². The lowest BCUT2D eigenvalue weighted by atomic mass is 10.2. The summed E-state index contributed by atoms with van der Waals surface area (Å²) < 4.78 is 26.2. The monoisotopic (exact) mass is 284 g/mol. The smallest absolute Gasteiger partial charge is 0.260 e. The Balaban J connectivity index is 1.64. The van der Waals surface area contributed by atoms with Crippen LogP contribution in [0.15, 0.2) is 17.6 Å². The third-order valence-corrected chi connectivity index (χ3v) is 6.03. The van der Waals surface area contributed by atoms with E-state index in [9.17, 15) is 8.42 Å². The van der Waals surface area contributed by atoms with Gasteiger partial charge in [-0.3, -0.25) is 4.90 Å². The molecule has 1 N–H and O–H groups in total. The highest BCUT2D eigenvalue weighted by molar-refractivity contribution is 7.89. The van der Waals surface area contributed by atoms with Crippen molar-refractivity contribution in [1.29, 1.82) is 0 Å². The molecular weight excluding hydrogens is 264 g/mol. The van der Waals surface area contributed by atoms with Gasteiger partial charge < -0.3 is 4.98 Å². The molecule has 6 nitrogen and oxygen atoms in total. The Kier molecular flexibility index (Phi) is 3.60.